The van der Waals surface area contributed by atoms with Crippen molar-refractivity contribution in [1.82, 2.24) is 15.3 Å². The Kier molecular flexibility index (Phi) is 10.0. The fraction of sp³-hybridized carbons (Fsp3) is 0.333. The molecule has 0 aliphatic carbocycles. The van der Waals surface area contributed by atoms with Gasteiger partial charge in [0.1, 0.15) is 6.54 Å². The molecule has 1 aliphatic rings. The summed E-state index contributed by atoms with van der Waals surface area (Å²) in [6.45, 7) is 1.69. The zero-order valence-electron chi connectivity index (χ0n) is 20.9. The van der Waals surface area contributed by atoms with E-state index >= 15 is 0 Å². The van der Waals surface area contributed by atoms with Crippen molar-refractivity contribution in [3.63, 3.8) is 0 Å². The van der Waals surface area contributed by atoms with Crippen LogP contribution in [0.25, 0.3) is 0 Å². The summed E-state index contributed by atoms with van der Waals surface area (Å²) in [5.74, 6) is 0.117. The molecule has 2 amide bonds. The van der Waals surface area contributed by atoms with Crippen molar-refractivity contribution < 1.29 is 28.9 Å². The van der Waals surface area contributed by atoms with Crippen molar-refractivity contribution in [3.8, 4) is 0 Å². The van der Waals surface area contributed by atoms with Gasteiger partial charge in [-0.05, 0) is 36.2 Å². The molecule has 1 aliphatic heterocycles. The third kappa shape index (κ3) is 7.99. The average Bonchev–Trinajstić information content (AvgIpc) is 2.96. The fourth-order valence-electron chi connectivity index (χ4n) is 3.85. The monoisotopic (exact) mass is 538 g/mol. The highest BCUT2D eigenvalue weighted by atomic mass is 32.2. The number of nitrogens with zero attached hydrogens (tertiary/aromatic N) is 2. The molecule has 0 unspecified atom stereocenters. The number of aromatic nitrogens is 2. The number of benzene rings is 2. The summed E-state index contributed by atoms with van der Waals surface area (Å²) in [5, 5.41) is 15.3. The Morgan fingerprint density at radius 2 is 1.87 bits per heavy atom. The lowest BCUT2D eigenvalue weighted by molar-refractivity contribution is -0.245. The summed E-state index contributed by atoms with van der Waals surface area (Å²) in [7, 11) is 0. The van der Waals surface area contributed by atoms with E-state index in [1.807, 2.05) is 30.3 Å². The molecule has 3 N–H and O–H groups in total. The molecular formula is C27H30N4O6S. The van der Waals surface area contributed by atoms with Crippen LogP contribution in [0.1, 0.15) is 42.4 Å². The topological polar surface area (TPSA) is 132 Å². The van der Waals surface area contributed by atoms with Gasteiger partial charge in [-0.2, -0.15) is 0 Å². The van der Waals surface area contributed by atoms with Gasteiger partial charge >= 0.3 is 12.0 Å². The van der Waals surface area contributed by atoms with E-state index in [1.165, 1.54) is 11.8 Å². The maximum Gasteiger partial charge on any atom is 0.325 e. The van der Waals surface area contributed by atoms with Gasteiger partial charge in [0.15, 0.2) is 11.4 Å². The van der Waals surface area contributed by atoms with E-state index in [0.29, 0.717) is 23.0 Å². The minimum absolute atomic E-state index is 0.0267. The Morgan fingerprint density at radius 3 is 2.61 bits per heavy atom. The number of nitrogens with one attached hydrogen (secondary N) is 2. The molecule has 1 saturated heterocycles. The van der Waals surface area contributed by atoms with Crippen molar-refractivity contribution in [2.75, 3.05) is 24.2 Å². The number of hydrogen-bond donors (Lipinski definition) is 3. The normalized spacial score (nSPS) is 18.9. The molecule has 3 atom stereocenters. The Bertz CT molecular complexity index is 1200. The van der Waals surface area contributed by atoms with Crippen LogP contribution in [0, 0.1) is 0 Å². The fourth-order valence-corrected chi connectivity index (χ4v) is 4.67. The van der Waals surface area contributed by atoms with Gasteiger partial charge in [-0.25, -0.2) is 14.8 Å². The Morgan fingerprint density at radius 1 is 1.08 bits per heavy atom. The minimum Gasteiger partial charge on any atom is -0.465 e. The number of amides is 2. The first-order chi connectivity index (χ1) is 18.5. The van der Waals surface area contributed by atoms with Crippen LogP contribution < -0.4 is 10.6 Å². The molecule has 2 heterocycles. The van der Waals surface area contributed by atoms with Crippen molar-refractivity contribution in [3.05, 3.63) is 83.7 Å². The van der Waals surface area contributed by atoms with Gasteiger partial charge < -0.3 is 30.0 Å². The summed E-state index contributed by atoms with van der Waals surface area (Å²) in [5.41, 5.74) is 3.06. The second kappa shape index (κ2) is 13.9. The number of ether oxygens (including phenoxy) is 3. The highest BCUT2D eigenvalue weighted by molar-refractivity contribution is 7.99. The first kappa shape index (κ1) is 27.5. The summed E-state index contributed by atoms with van der Waals surface area (Å²) >= 11 is 1.51. The van der Waals surface area contributed by atoms with Crippen LogP contribution in [0.2, 0.25) is 0 Å². The van der Waals surface area contributed by atoms with E-state index < -0.39 is 18.3 Å². The van der Waals surface area contributed by atoms with E-state index in [0.717, 1.165) is 16.7 Å². The number of urea groups is 1. The SMILES string of the molecule is CCOC(=O)CNC(=O)Nc1cccc([C@@H]2O[C@H](CSc3ncccn3)C[C@H](c3ccc(CO)cc3)O2)c1. The standard InChI is InChI=1S/C27H30N4O6S/c1-2-35-24(33)15-30-26(34)31-21-6-3-5-20(13-21)25-36-22(17-38-27-28-11-4-12-29-27)14-23(37-25)19-9-7-18(16-32)8-10-19/h3-13,22-23,25,32H,2,14-17H2,1H3,(H2,30,31,34)/t22-,23+,25+/m0/s1. The second-order valence-electron chi connectivity index (χ2n) is 8.43. The molecule has 2 aromatic carbocycles. The van der Waals surface area contributed by atoms with Crippen LogP contribution in [0.5, 0.6) is 0 Å². The summed E-state index contributed by atoms with van der Waals surface area (Å²) in [6.07, 6.45) is 2.95. The largest absolute Gasteiger partial charge is 0.465 e. The maximum absolute atomic E-state index is 12.2. The van der Waals surface area contributed by atoms with Crippen LogP contribution in [-0.4, -0.2) is 52.1 Å². The number of rotatable bonds is 10. The van der Waals surface area contributed by atoms with Gasteiger partial charge in [-0.15, -0.1) is 0 Å². The van der Waals surface area contributed by atoms with E-state index in [9.17, 15) is 14.7 Å². The number of carbonyl (C=O) groups is 2. The molecule has 0 spiro atoms. The van der Waals surface area contributed by atoms with Crippen molar-refractivity contribution >= 4 is 29.4 Å². The number of anilines is 1. The second-order valence-corrected chi connectivity index (χ2v) is 9.42. The molecule has 0 saturated carbocycles. The number of aliphatic hydroxyl groups excluding tert-OH is 1. The third-order valence-electron chi connectivity index (χ3n) is 5.67. The summed E-state index contributed by atoms with van der Waals surface area (Å²) < 4.78 is 17.5. The highest BCUT2D eigenvalue weighted by Gasteiger charge is 2.32. The molecule has 3 aromatic rings. The lowest BCUT2D eigenvalue weighted by atomic mass is 10.0. The van der Waals surface area contributed by atoms with E-state index in [-0.39, 0.29) is 32.0 Å². The number of aliphatic hydroxyl groups is 1. The number of thioether (sulfide) groups is 1. The average molecular weight is 539 g/mol. The van der Waals surface area contributed by atoms with Gasteiger partial charge in [0.25, 0.3) is 0 Å². The lowest BCUT2D eigenvalue weighted by Gasteiger charge is -2.36. The molecule has 4 rings (SSSR count). The van der Waals surface area contributed by atoms with E-state index in [4.69, 9.17) is 14.2 Å². The molecule has 10 nitrogen and oxygen atoms in total. The molecule has 200 valence electrons. The van der Waals surface area contributed by atoms with Gasteiger partial charge in [0.2, 0.25) is 0 Å². The number of hydrogen-bond acceptors (Lipinski definition) is 9. The number of esters is 1. The molecular weight excluding hydrogens is 508 g/mol. The Hall–Kier alpha value is -3.51. The van der Waals surface area contributed by atoms with Crippen molar-refractivity contribution in [2.24, 2.45) is 0 Å². The molecule has 38 heavy (non-hydrogen) atoms. The van der Waals surface area contributed by atoms with Crippen LogP contribution in [0.4, 0.5) is 10.5 Å². The zero-order valence-corrected chi connectivity index (χ0v) is 21.7. The first-order valence-electron chi connectivity index (χ1n) is 12.2. The third-order valence-corrected chi connectivity index (χ3v) is 6.68. The smallest absolute Gasteiger partial charge is 0.325 e. The van der Waals surface area contributed by atoms with Gasteiger partial charge in [-0.3, -0.25) is 4.79 Å². The Balaban J connectivity index is 1.47. The minimum atomic E-state index is -0.682. The summed E-state index contributed by atoms with van der Waals surface area (Å²) in [4.78, 5) is 32.3. The zero-order chi connectivity index (χ0) is 26.7. The van der Waals surface area contributed by atoms with Gasteiger partial charge in [0.05, 0.1) is 25.4 Å². The lowest BCUT2D eigenvalue weighted by Crippen LogP contribution is -2.34. The quantitative estimate of drug-likeness (QED) is 0.199. The molecule has 11 heteroatoms. The van der Waals surface area contributed by atoms with Crippen LogP contribution in [0.15, 0.2) is 72.1 Å². The molecule has 0 radical (unpaired) electrons. The predicted molar refractivity (Wildman–Crippen MR) is 141 cm³/mol. The van der Waals surface area contributed by atoms with Crippen LogP contribution in [0.3, 0.4) is 0 Å². The van der Waals surface area contributed by atoms with E-state index in [1.54, 1.807) is 43.6 Å². The van der Waals surface area contributed by atoms with Crippen LogP contribution >= 0.6 is 11.8 Å². The maximum atomic E-state index is 12.2. The molecule has 1 aromatic heterocycles. The number of carbonyl (C=O) groups excluding carboxylic acids is 2. The predicted octanol–water partition coefficient (Wildman–Crippen LogP) is 3.99. The van der Waals surface area contributed by atoms with Gasteiger partial charge in [0, 0.05) is 35.8 Å². The molecule has 1 fully saturated rings. The summed E-state index contributed by atoms with van der Waals surface area (Å²) in [6, 6.07) is 16.1. The first-order valence-corrected chi connectivity index (χ1v) is 13.2. The Labute approximate surface area is 225 Å². The van der Waals surface area contributed by atoms with Crippen molar-refractivity contribution in [1.29, 1.82) is 0 Å². The van der Waals surface area contributed by atoms with Gasteiger partial charge in [-0.1, -0.05) is 48.2 Å². The highest BCUT2D eigenvalue weighted by Crippen LogP contribution is 2.39. The van der Waals surface area contributed by atoms with E-state index in [2.05, 4.69) is 20.6 Å². The van der Waals surface area contributed by atoms with Crippen LogP contribution in [-0.2, 0) is 25.6 Å². The molecule has 0 bridgehead atoms. The van der Waals surface area contributed by atoms with Crippen molar-refractivity contribution in [2.45, 2.75) is 43.6 Å².